The van der Waals surface area contributed by atoms with Gasteiger partial charge >= 0.3 is 0 Å². The van der Waals surface area contributed by atoms with Gasteiger partial charge < -0.3 is 15.4 Å². The number of nitrogens with zero attached hydrogens (tertiary/aromatic N) is 1. The highest BCUT2D eigenvalue weighted by Gasteiger charge is 2.28. The van der Waals surface area contributed by atoms with E-state index >= 15 is 0 Å². The fourth-order valence-electron chi connectivity index (χ4n) is 4.42. The maximum Gasteiger partial charge on any atom is 0.256 e. The number of carbonyl (C=O) groups is 3. The van der Waals surface area contributed by atoms with Crippen LogP contribution in [0.15, 0.2) is 120 Å². The number of thioether (sulfide) groups is 1. The van der Waals surface area contributed by atoms with Crippen molar-refractivity contribution in [2.75, 3.05) is 17.7 Å². The lowest BCUT2D eigenvalue weighted by Crippen LogP contribution is -2.25. The summed E-state index contributed by atoms with van der Waals surface area (Å²) in [6.45, 7) is 2.41. The van der Waals surface area contributed by atoms with Crippen molar-refractivity contribution in [1.82, 2.24) is 5.32 Å². The second-order valence-electron chi connectivity index (χ2n) is 9.54. The van der Waals surface area contributed by atoms with Gasteiger partial charge in [-0.1, -0.05) is 90.1 Å². The lowest BCUT2D eigenvalue weighted by Gasteiger charge is -2.21. The zero-order valence-corrected chi connectivity index (χ0v) is 25.5. The minimum Gasteiger partial charge on any atom is -0.494 e. The normalized spacial score (nSPS) is 11.8. The molecule has 2 N–H and O–H groups in total. The molecule has 9 heteroatoms. The van der Waals surface area contributed by atoms with E-state index in [9.17, 15) is 19.6 Å². The minimum atomic E-state index is -0.797. The summed E-state index contributed by atoms with van der Waals surface area (Å²) < 4.78 is 5.45. The molecular weight excluding hydrogens is 594 g/mol. The highest BCUT2D eigenvalue weighted by molar-refractivity contribution is 8.03. The Hall–Kier alpha value is -4.84. The molecule has 0 unspecified atom stereocenters. The lowest BCUT2D eigenvalue weighted by atomic mass is 9.86. The SMILES string of the molecule is CCOc1ccc(NC(=O)CS/C(NC(=O)c2ccccc2)=C(\C#N)[C@H](CC(=O)c2ccccc2)c2ccccc2Cl)cc1. The van der Waals surface area contributed by atoms with Crippen LogP contribution in [0.5, 0.6) is 5.75 Å². The number of hydrogen-bond donors (Lipinski definition) is 2. The first-order valence-electron chi connectivity index (χ1n) is 13.9. The van der Waals surface area contributed by atoms with Gasteiger partial charge in [0, 0.05) is 34.2 Å². The molecule has 0 heterocycles. The van der Waals surface area contributed by atoms with Crippen LogP contribution < -0.4 is 15.4 Å². The van der Waals surface area contributed by atoms with Crippen LogP contribution in [0.2, 0.25) is 5.02 Å². The third-order valence-electron chi connectivity index (χ3n) is 6.54. The number of ketones is 1. The van der Waals surface area contributed by atoms with Crippen molar-refractivity contribution in [2.45, 2.75) is 19.3 Å². The van der Waals surface area contributed by atoms with Gasteiger partial charge in [0.25, 0.3) is 5.91 Å². The summed E-state index contributed by atoms with van der Waals surface area (Å²) >= 11 is 7.60. The Balaban J connectivity index is 1.68. The van der Waals surface area contributed by atoms with E-state index in [4.69, 9.17) is 16.3 Å². The number of amides is 2. The summed E-state index contributed by atoms with van der Waals surface area (Å²) in [5, 5.41) is 16.7. The van der Waals surface area contributed by atoms with Crippen molar-refractivity contribution < 1.29 is 19.1 Å². The molecule has 0 bridgehead atoms. The number of benzene rings is 4. The molecule has 4 aromatic rings. The number of rotatable bonds is 13. The summed E-state index contributed by atoms with van der Waals surface area (Å²) in [7, 11) is 0. The molecule has 0 saturated carbocycles. The number of allylic oxidation sites excluding steroid dienone is 1. The minimum absolute atomic E-state index is 0.0831. The first-order valence-corrected chi connectivity index (χ1v) is 15.2. The molecule has 0 aliphatic rings. The van der Waals surface area contributed by atoms with Crippen LogP contribution in [0.4, 0.5) is 5.69 Å². The number of anilines is 1. The largest absolute Gasteiger partial charge is 0.494 e. The van der Waals surface area contributed by atoms with E-state index in [0.29, 0.717) is 39.8 Å². The zero-order valence-electron chi connectivity index (χ0n) is 24.0. The highest BCUT2D eigenvalue weighted by atomic mass is 35.5. The van der Waals surface area contributed by atoms with E-state index in [1.807, 2.05) is 13.0 Å². The van der Waals surface area contributed by atoms with E-state index < -0.39 is 11.8 Å². The molecule has 0 spiro atoms. The topological polar surface area (TPSA) is 108 Å². The summed E-state index contributed by atoms with van der Waals surface area (Å²) in [4.78, 5) is 39.7. The summed E-state index contributed by atoms with van der Waals surface area (Å²) in [5.41, 5.74) is 2.10. The van der Waals surface area contributed by atoms with E-state index in [-0.39, 0.29) is 34.5 Å². The molecule has 0 fully saturated rings. The molecule has 0 aromatic heterocycles. The van der Waals surface area contributed by atoms with Crippen LogP contribution >= 0.6 is 23.4 Å². The van der Waals surface area contributed by atoms with Gasteiger partial charge in [-0.3, -0.25) is 14.4 Å². The molecule has 7 nitrogen and oxygen atoms in total. The number of Topliss-reactive ketones (excluding diaryl/α,β-unsaturated/α-hetero) is 1. The zero-order chi connectivity index (χ0) is 31.3. The van der Waals surface area contributed by atoms with E-state index in [2.05, 4.69) is 16.7 Å². The van der Waals surface area contributed by atoms with E-state index in [1.54, 1.807) is 103 Å². The molecule has 0 saturated heterocycles. The van der Waals surface area contributed by atoms with Crippen molar-refractivity contribution >= 4 is 46.6 Å². The first kappa shape index (κ1) is 32.1. The average Bonchev–Trinajstić information content (AvgIpc) is 3.05. The Kier molecular flexibility index (Phi) is 11.8. The third-order valence-corrected chi connectivity index (χ3v) is 7.90. The van der Waals surface area contributed by atoms with Gasteiger partial charge in [0.2, 0.25) is 5.91 Å². The molecule has 1 atom stereocenters. The molecule has 0 aliphatic carbocycles. The first-order chi connectivity index (χ1) is 21.4. The van der Waals surface area contributed by atoms with Crippen molar-refractivity contribution in [3.05, 3.63) is 142 Å². The number of ether oxygens (including phenoxy) is 1. The van der Waals surface area contributed by atoms with Gasteiger partial charge in [0.1, 0.15) is 5.75 Å². The van der Waals surface area contributed by atoms with Crippen molar-refractivity contribution in [1.29, 1.82) is 5.26 Å². The van der Waals surface area contributed by atoms with Crippen LogP contribution in [-0.4, -0.2) is 30.0 Å². The lowest BCUT2D eigenvalue weighted by molar-refractivity contribution is -0.113. The van der Waals surface area contributed by atoms with Gasteiger partial charge in [0.15, 0.2) is 5.78 Å². The monoisotopic (exact) mass is 623 g/mol. The Morgan fingerprint density at radius 1 is 0.864 bits per heavy atom. The molecule has 222 valence electrons. The Labute approximate surface area is 265 Å². The van der Waals surface area contributed by atoms with Gasteiger partial charge in [-0.25, -0.2) is 0 Å². The van der Waals surface area contributed by atoms with E-state index in [0.717, 1.165) is 11.8 Å². The van der Waals surface area contributed by atoms with Gasteiger partial charge in [-0.05, 0) is 55.0 Å². The quantitative estimate of drug-likeness (QED) is 0.117. The molecular formula is C35H30ClN3O4S. The molecule has 0 radical (unpaired) electrons. The predicted molar refractivity (Wildman–Crippen MR) is 175 cm³/mol. The number of carbonyl (C=O) groups excluding carboxylic acids is 3. The summed E-state index contributed by atoms with van der Waals surface area (Å²) in [5.74, 6) is -1.24. The van der Waals surface area contributed by atoms with Crippen molar-refractivity contribution in [2.24, 2.45) is 0 Å². The van der Waals surface area contributed by atoms with Gasteiger partial charge in [-0.2, -0.15) is 5.26 Å². The van der Waals surface area contributed by atoms with E-state index in [1.165, 1.54) is 0 Å². The second kappa shape index (κ2) is 16.1. The summed E-state index contributed by atoms with van der Waals surface area (Å²) in [6, 6.07) is 33.5. The smallest absolute Gasteiger partial charge is 0.256 e. The molecule has 44 heavy (non-hydrogen) atoms. The van der Waals surface area contributed by atoms with Crippen LogP contribution in [0.25, 0.3) is 0 Å². The third kappa shape index (κ3) is 8.83. The number of nitriles is 1. The Bertz CT molecular complexity index is 1670. The van der Waals surface area contributed by atoms with Gasteiger partial charge in [0.05, 0.1) is 29.0 Å². The number of nitrogens with one attached hydrogen (secondary N) is 2. The van der Waals surface area contributed by atoms with Crippen LogP contribution in [0, 0.1) is 11.3 Å². The molecule has 4 rings (SSSR count). The van der Waals surface area contributed by atoms with Crippen LogP contribution in [0.1, 0.15) is 45.5 Å². The van der Waals surface area contributed by atoms with Crippen molar-refractivity contribution in [3.63, 3.8) is 0 Å². The predicted octanol–water partition coefficient (Wildman–Crippen LogP) is 7.63. The maximum atomic E-state index is 13.4. The molecule has 2 amide bonds. The van der Waals surface area contributed by atoms with Crippen LogP contribution in [-0.2, 0) is 4.79 Å². The molecule has 4 aromatic carbocycles. The summed E-state index contributed by atoms with van der Waals surface area (Å²) in [6.07, 6.45) is -0.0831. The number of hydrogen-bond acceptors (Lipinski definition) is 6. The Morgan fingerprint density at radius 3 is 2.09 bits per heavy atom. The van der Waals surface area contributed by atoms with Crippen molar-refractivity contribution in [3.8, 4) is 11.8 Å². The average molecular weight is 624 g/mol. The molecule has 0 aliphatic heterocycles. The highest BCUT2D eigenvalue weighted by Crippen LogP contribution is 2.37. The Morgan fingerprint density at radius 2 is 1.48 bits per heavy atom. The number of halogens is 1. The maximum absolute atomic E-state index is 13.4. The standard InChI is InChI=1S/C35H30ClN3O4S/c1-2-43-27-19-17-26(18-20-27)38-33(41)23-44-35(39-34(42)25-13-7-4-8-14-25)30(22-37)29(28-15-9-10-16-31(28)36)21-32(40)24-11-5-3-6-12-24/h3-20,29H,2,21,23H2,1H3,(H,38,41)(H,39,42)/b35-30+/t29-/m1/s1. The van der Waals surface area contributed by atoms with Gasteiger partial charge in [-0.15, -0.1) is 0 Å². The second-order valence-corrected chi connectivity index (χ2v) is 10.9. The van der Waals surface area contributed by atoms with Crippen LogP contribution in [0.3, 0.4) is 0 Å². The fourth-order valence-corrected chi connectivity index (χ4v) is 5.54. The fraction of sp³-hybridized carbons (Fsp3) is 0.143.